The second-order valence-electron chi connectivity index (χ2n) is 2.06. The fourth-order valence-corrected chi connectivity index (χ4v) is 0.915. The lowest BCUT2D eigenvalue weighted by atomic mass is 10.3. The topological polar surface area (TPSA) is 28.9 Å². The quantitative estimate of drug-likeness (QED) is 0.635. The smallest absolute Gasteiger partial charge is 0.150 e. The molecule has 0 aliphatic carbocycles. The van der Waals surface area contributed by atoms with Gasteiger partial charge in [-0.05, 0) is 24.3 Å². The number of aromatic amines is 1. The molecule has 0 aromatic carbocycles. The summed E-state index contributed by atoms with van der Waals surface area (Å²) in [5.41, 5.74) is 1.02. The van der Waals surface area contributed by atoms with Gasteiger partial charge in [-0.15, -0.1) is 0 Å². The zero-order chi connectivity index (χ0) is 6.81. The van der Waals surface area contributed by atoms with Crippen molar-refractivity contribution in [2.24, 2.45) is 0 Å². The van der Waals surface area contributed by atoms with Crippen molar-refractivity contribution in [3.05, 3.63) is 36.7 Å². The van der Waals surface area contributed by atoms with Crippen LogP contribution in [0.4, 0.5) is 0 Å². The van der Waals surface area contributed by atoms with Gasteiger partial charge in [-0.25, -0.2) is 0 Å². The molecule has 2 heteroatoms. The van der Waals surface area contributed by atoms with Crippen LogP contribution in [0.1, 0.15) is 0 Å². The highest BCUT2D eigenvalue weighted by atomic mass is 16.3. The fraction of sp³-hybridized carbons (Fsp3) is 0. The van der Waals surface area contributed by atoms with Crippen molar-refractivity contribution in [2.45, 2.75) is 0 Å². The van der Waals surface area contributed by atoms with Crippen molar-refractivity contribution >= 4 is 0 Å². The zero-order valence-corrected chi connectivity index (χ0v) is 5.37. The molecule has 1 N–H and O–H groups in total. The van der Waals surface area contributed by atoms with E-state index >= 15 is 0 Å². The van der Waals surface area contributed by atoms with Crippen molar-refractivity contribution in [3.8, 4) is 11.5 Å². The highest BCUT2D eigenvalue weighted by Gasteiger charge is 1.97. The molecule has 0 atom stereocenters. The Kier molecular flexibility index (Phi) is 1.10. The minimum absolute atomic E-state index is 0.880. The molecule has 2 heterocycles. The van der Waals surface area contributed by atoms with Gasteiger partial charge in [0.2, 0.25) is 0 Å². The molecule has 2 aromatic heterocycles. The molecule has 2 rings (SSSR count). The summed E-state index contributed by atoms with van der Waals surface area (Å²) in [6.45, 7) is 0. The molecular formula is C8H7NO. The maximum atomic E-state index is 5.15. The van der Waals surface area contributed by atoms with Crippen LogP contribution in [0.15, 0.2) is 41.1 Å². The van der Waals surface area contributed by atoms with E-state index in [1.54, 1.807) is 6.26 Å². The average Bonchev–Trinajstić information content (AvgIpc) is 2.59. The Bertz CT molecular complexity index is 249. The Morgan fingerprint density at radius 1 is 1.20 bits per heavy atom. The summed E-state index contributed by atoms with van der Waals surface area (Å²) < 4.78 is 5.15. The monoisotopic (exact) mass is 133 g/mol. The van der Waals surface area contributed by atoms with E-state index in [0.29, 0.717) is 0 Å². The van der Waals surface area contributed by atoms with Gasteiger partial charge in [0.15, 0.2) is 0 Å². The first kappa shape index (κ1) is 5.35. The summed E-state index contributed by atoms with van der Waals surface area (Å²) in [6.07, 6.45) is 3.54. The van der Waals surface area contributed by atoms with Gasteiger partial charge in [-0.2, -0.15) is 0 Å². The number of hydrogen-bond acceptors (Lipinski definition) is 1. The Labute approximate surface area is 58.5 Å². The minimum atomic E-state index is 0.880. The summed E-state index contributed by atoms with van der Waals surface area (Å²) in [6, 6.07) is 7.71. The van der Waals surface area contributed by atoms with Gasteiger partial charge in [-0.3, -0.25) is 0 Å². The second-order valence-corrected chi connectivity index (χ2v) is 2.06. The predicted molar refractivity (Wildman–Crippen MR) is 38.5 cm³/mol. The van der Waals surface area contributed by atoms with Crippen molar-refractivity contribution in [1.29, 1.82) is 0 Å². The number of aromatic nitrogens is 1. The summed E-state index contributed by atoms with van der Waals surface area (Å²) in [5, 5.41) is 0. The van der Waals surface area contributed by atoms with Gasteiger partial charge >= 0.3 is 0 Å². The molecule has 2 aromatic rings. The highest BCUT2D eigenvalue weighted by Crippen LogP contribution is 2.15. The third-order valence-corrected chi connectivity index (χ3v) is 1.38. The lowest BCUT2D eigenvalue weighted by Crippen LogP contribution is -1.68. The molecule has 10 heavy (non-hydrogen) atoms. The largest absolute Gasteiger partial charge is 0.463 e. The highest BCUT2D eigenvalue weighted by molar-refractivity contribution is 5.51. The normalized spacial score (nSPS) is 10.0. The third kappa shape index (κ3) is 0.739. The molecule has 0 saturated carbocycles. The number of nitrogens with one attached hydrogen (secondary N) is 1. The molecule has 0 unspecified atom stereocenters. The molecule has 0 bridgehead atoms. The lowest BCUT2D eigenvalue weighted by molar-refractivity contribution is 0.580. The van der Waals surface area contributed by atoms with Gasteiger partial charge in [0.05, 0.1) is 12.0 Å². The molecule has 0 radical (unpaired) electrons. The van der Waals surface area contributed by atoms with Crippen molar-refractivity contribution < 1.29 is 4.42 Å². The number of furan rings is 1. The summed E-state index contributed by atoms with van der Waals surface area (Å²) in [7, 11) is 0. The molecule has 0 spiro atoms. The van der Waals surface area contributed by atoms with E-state index in [1.807, 2.05) is 30.5 Å². The number of hydrogen-bond donors (Lipinski definition) is 1. The van der Waals surface area contributed by atoms with Gasteiger partial charge in [-0.1, -0.05) is 0 Å². The molecule has 0 aliphatic rings. The van der Waals surface area contributed by atoms with Gasteiger partial charge in [0.1, 0.15) is 5.76 Å². The number of H-pyrrole nitrogens is 1. The molecular weight excluding hydrogens is 126 g/mol. The Morgan fingerprint density at radius 3 is 2.80 bits per heavy atom. The maximum Gasteiger partial charge on any atom is 0.150 e. The van der Waals surface area contributed by atoms with E-state index in [1.165, 1.54) is 0 Å². The minimum Gasteiger partial charge on any atom is -0.463 e. The summed E-state index contributed by atoms with van der Waals surface area (Å²) >= 11 is 0. The SMILES string of the molecule is c1c[nH]c(-c2ccco2)c1. The van der Waals surface area contributed by atoms with Crippen molar-refractivity contribution in [3.63, 3.8) is 0 Å². The molecule has 0 fully saturated rings. The van der Waals surface area contributed by atoms with Gasteiger partial charge in [0.25, 0.3) is 0 Å². The van der Waals surface area contributed by atoms with E-state index in [-0.39, 0.29) is 0 Å². The fourth-order valence-electron chi connectivity index (χ4n) is 0.915. The molecule has 0 saturated heterocycles. The molecule has 0 amide bonds. The third-order valence-electron chi connectivity index (χ3n) is 1.38. The van der Waals surface area contributed by atoms with Gasteiger partial charge in [0, 0.05) is 6.20 Å². The lowest BCUT2D eigenvalue weighted by Gasteiger charge is -1.86. The standard InChI is InChI=1S/C8H7NO/c1-3-7(9-5-1)8-4-2-6-10-8/h1-6,9H. The Hall–Kier alpha value is -1.44. The van der Waals surface area contributed by atoms with Gasteiger partial charge < -0.3 is 9.40 Å². The van der Waals surface area contributed by atoms with Crippen LogP contribution in [0.2, 0.25) is 0 Å². The first-order valence-electron chi connectivity index (χ1n) is 3.14. The van der Waals surface area contributed by atoms with E-state index < -0.39 is 0 Å². The van der Waals surface area contributed by atoms with Crippen molar-refractivity contribution in [2.75, 3.05) is 0 Å². The first-order chi connectivity index (χ1) is 4.97. The maximum absolute atomic E-state index is 5.15. The van der Waals surface area contributed by atoms with Crippen molar-refractivity contribution in [1.82, 2.24) is 4.98 Å². The van der Waals surface area contributed by atoms with Crippen LogP contribution >= 0.6 is 0 Å². The van der Waals surface area contributed by atoms with Crippen LogP contribution < -0.4 is 0 Å². The molecule has 0 aliphatic heterocycles. The Morgan fingerprint density at radius 2 is 2.20 bits per heavy atom. The summed E-state index contributed by atoms with van der Waals surface area (Å²) in [4.78, 5) is 3.05. The summed E-state index contributed by atoms with van der Waals surface area (Å²) in [5.74, 6) is 0.880. The first-order valence-corrected chi connectivity index (χ1v) is 3.14. The van der Waals surface area contributed by atoms with Crippen LogP contribution in [0.3, 0.4) is 0 Å². The van der Waals surface area contributed by atoms with E-state index in [2.05, 4.69) is 4.98 Å². The molecule has 50 valence electrons. The number of rotatable bonds is 1. The Balaban J connectivity index is 2.48. The average molecular weight is 133 g/mol. The van der Waals surface area contributed by atoms with Crippen LogP contribution in [0.25, 0.3) is 11.5 Å². The second kappa shape index (κ2) is 2.06. The van der Waals surface area contributed by atoms with E-state index in [4.69, 9.17) is 4.42 Å². The van der Waals surface area contributed by atoms with Crippen LogP contribution in [-0.2, 0) is 0 Å². The van der Waals surface area contributed by atoms with E-state index in [9.17, 15) is 0 Å². The van der Waals surface area contributed by atoms with Crippen LogP contribution in [0, 0.1) is 0 Å². The van der Waals surface area contributed by atoms with Crippen LogP contribution in [0.5, 0.6) is 0 Å². The van der Waals surface area contributed by atoms with E-state index in [0.717, 1.165) is 11.5 Å². The van der Waals surface area contributed by atoms with Crippen LogP contribution in [-0.4, -0.2) is 4.98 Å². The predicted octanol–water partition coefficient (Wildman–Crippen LogP) is 2.27. The molecule has 2 nitrogen and oxygen atoms in total. The zero-order valence-electron chi connectivity index (χ0n) is 5.37.